The monoisotopic (exact) mass is 938 g/mol. The Morgan fingerprint density at radius 1 is 0.785 bits per heavy atom. The van der Waals surface area contributed by atoms with E-state index < -0.39 is 44.6 Å². The Labute approximate surface area is 392 Å². The van der Waals surface area contributed by atoms with E-state index in [1.54, 1.807) is 25.9 Å². The third-order valence-electron chi connectivity index (χ3n) is 12.5. The van der Waals surface area contributed by atoms with Crippen molar-refractivity contribution in [3.63, 3.8) is 0 Å². The maximum atomic E-state index is 16.4. The second-order valence-corrected chi connectivity index (χ2v) is 20.0. The van der Waals surface area contributed by atoms with Crippen LogP contribution in [-0.4, -0.2) is 101 Å². The first kappa shape index (κ1) is 57.1. The van der Waals surface area contributed by atoms with Gasteiger partial charge in [-0.15, -0.1) is 6.42 Å². The van der Waals surface area contributed by atoms with E-state index in [1.165, 1.54) is 159 Å². The number of rotatable bonds is 41. The standard InChI is InChI=1S/C50H89FN5O8P/c1-7-10-12-14-16-18-20-22-24-26-28-30-32-34-36-60-38-43(61-37-35-33-31-29-27-25-23-21-19-17-15-13-11-8-2)39-62-65(58,59)63-40-44-46(57)50(51,9-3)49(64-44)56-41-52-45-47(55(5)6)53-42(4)54-48(45)56/h3,41,43-44,46,49,57H,7-8,10-40H2,1-2,4-6H3,(H,58,59)/t43?,44-,46-,49-,50-/m1/s1. The first-order valence-electron chi connectivity index (χ1n) is 25.7. The quantitative estimate of drug-likeness (QED) is 0.0371. The maximum Gasteiger partial charge on any atom is 0.472 e. The minimum Gasteiger partial charge on any atom is -0.386 e. The highest BCUT2D eigenvalue weighted by molar-refractivity contribution is 7.47. The molecule has 1 fully saturated rings. The predicted molar refractivity (Wildman–Crippen MR) is 260 cm³/mol. The summed E-state index contributed by atoms with van der Waals surface area (Å²) in [5.41, 5.74) is -2.11. The molecule has 0 amide bonds. The number of phosphoric acid groups is 1. The van der Waals surface area contributed by atoms with Crippen LogP contribution in [0.5, 0.6) is 0 Å². The second kappa shape index (κ2) is 33.3. The van der Waals surface area contributed by atoms with E-state index in [0.717, 1.165) is 32.1 Å². The molecule has 1 aliphatic heterocycles. The molecule has 2 N–H and O–H groups in total. The van der Waals surface area contributed by atoms with Crippen molar-refractivity contribution in [2.24, 2.45) is 0 Å². The number of aromatic nitrogens is 4. The molecule has 0 radical (unpaired) electrons. The lowest BCUT2D eigenvalue weighted by Gasteiger charge is -2.24. The minimum atomic E-state index is -4.72. The van der Waals surface area contributed by atoms with Crippen LogP contribution >= 0.6 is 7.82 Å². The van der Waals surface area contributed by atoms with E-state index in [0.29, 0.717) is 30.4 Å². The van der Waals surface area contributed by atoms with Crippen LogP contribution in [0.25, 0.3) is 11.2 Å². The Balaban J connectivity index is 1.43. The lowest BCUT2D eigenvalue weighted by atomic mass is 9.97. The molecule has 374 valence electrons. The highest BCUT2D eigenvalue weighted by Crippen LogP contribution is 2.47. The Morgan fingerprint density at radius 3 is 1.74 bits per heavy atom. The number of unbranched alkanes of at least 4 members (excludes halogenated alkanes) is 26. The van der Waals surface area contributed by atoms with Gasteiger partial charge in [-0.25, -0.2) is 23.9 Å². The summed E-state index contributed by atoms with van der Waals surface area (Å²) < 4.78 is 59.6. The molecule has 2 unspecified atom stereocenters. The molecule has 0 aliphatic carbocycles. The minimum absolute atomic E-state index is 0.202. The number of aryl methyl sites for hydroxylation is 1. The number of phosphoric ester groups is 1. The van der Waals surface area contributed by atoms with Gasteiger partial charge >= 0.3 is 7.82 Å². The predicted octanol–water partition coefficient (Wildman–Crippen LogP) is 12.3. The van der Waals surface area contributed by atoms with Gasteiger partial charge in [0.15, 0.2) is 23.2 Å². The fourth-order valence-corrected chi connectivity index (χ4v) is 9.25. The van der Waals surface area contributed by atoms with E-state index >= 15 is 4.39 Å². The van der Waals surface area contributed by atoms with Gasteiger partial charge in [-0.1, -0.05) is 187 Å². The summed E-state index contributed by atoms with van der Waals surface area (Å²) in [6.07, 6.45) is 37.0. The van der Waals surface area contributed by atoms with Crippen LogP contribution in [0.4, 0.5) is 10.2 Å². The summed E-state index contributed by atoms with van der Waals surface area (Å²) in [5, 5.41) is 11.0. The number of anilines is 1. The van der Waals surface area contributed by atoms with Crippen molar-refractivity contribution >= 4 is 24.8 Å². The van der Waals surface area contributed by atoms with Gasteiger partial charge in [0.2, 0.25) is 5.67 Å². The molecule has 1 aliphatic rings. The molecule has 15 heteroatoms. The number of hydrogen-bond acceptors (Lipinski definition) is 11. The molecule has 0 bridgehead atoms. The number of imidazole rings is 1. The molecule has 65 heavy (non-hydrogen) atoms. The number of aliphatic hydroxyl groups is 1. The molecular weight excluding hydrogens is 849 g/mol. The van der Waals surface area contributed by atoms with E-state index in [-0.39, 0.29) is 18.9 Å². The van der Waals surface area contributed by atoms with Crippen molar-refractivity contribution in [3.05, 3.63) is 12.2 Å². The van der Waals surface area contributed by atoms with Crippen LogP contribution < -0.4 is 4.90 Å². The van der Waals surface area contributed by atoms with Crippen molar-refractivity contribution in [1.82, 2.24) is 19.5 Å². The van der Waals surface area contributed by atoms with Gasteiger partial charge in [0, 0.05) is 27.3 Å². The molecular formula is C50H89FN5O8P. The molecule has 0 spiro atoms. The smallest absolute Gasteiger partial charge is 0.386 e. The van der Waals surface area contributed by atoms with Crippen molar-refractivity contribution < 1.29 is 42.2 Å². The first-order chi connectivity index (χ1) is 31.5. The molecule has 3 heterocycles. The Bertz CT molecular complexity index is 1630. The lowest BCUT2D eigenvalue weighted by molar-refractivity contribution is -0.0586. The number of aliphatic hydroxyl groups excluding tert-OH is 1. The van der Waals surface area contributed by atoms with Crippen LogP contribution in [0.2, 0.25) is 0 Å². The summed E-state index contributed by atoms with van der Waals surface area (Å²) in [6.45, 7) is 6.52. The topological polar surface area (TPSA) is 151 Å². The zero-order chi connectivity index (χ0) is 47.2. The summed E-state index contributed by atoms with van der Waals surface area (Å²) in [4.78, 5) is 25.7. The fourth-order valence-electron chi connectivity index (χ4n) is 8.49. The summed E-state index contributed by atoms with van der Waals surface area (Å²) in [5.74, 6) is 2.95. The van der Waals surface area contributed by atoms with Crippen LogP contribution in [0.1, 0.15) is 206 Å². The van der Waals surface area contributed by atoms with E-state index in [1.807, 2.05) is 5.92 Å². The van der Waals surface area contributed by atoms with Gasteiger partial charge in [-0.3, -0.25) is 13.6 Å². The molecule has 0 saturated carbocycles. The van der Waals surface area contributed by atoms with Crippen molar-refractivity contribution in [3.8, 4) is 12.3 Å². The second-order valence-electron chi connectivity index (χ2n) is 18.5. The number of nitrogens with zero attached hydrogens (tertiary/aromatic N) is 5. The third kappa shape index (κ3) is 21.7. The molecule has 2 aromatic heterocycles. The Kier molecular flexibility index (Phi) is 29.3. The largest absolute Gasteiger partial charge is 0.472 e. The fraction of sp³-hybridized carbons (Fsp3) is 0.860. The van der Waals surface area contributed by atoms with Crippen LogP contribution in [0.15, 0.2) is 6.33 Å². The zero-order valence-electron chi connectivity index (χ0n) is 41.2. The van der Waals surface area contributed by atoms with Crippen LogP contribution in [0, 0.1) is 19.3 Å². The van der Waals surface area contributed by atoms with E-state index in [9.17, 15) is 14.6 Å². The number of alkyl halides is 1. The zero-order valence-corrected chi connectivity index (χ0v) is 42.1. The molecule has 3 rings (SSSR count). The third-order valence-corrected chi connectivity index (χ3v) is 13.4. The van der Waals surface area contributed by atoms with Crippen molar-refractivity contribution in [1.29, 1.82) is 0 Å². The number of ether oxygens (including phenoxy) is 3. The SMILES string of the molecule is C#C[C@@]1(F)[C@H](O)[C@@H](COP(=O)(O)OCC(COCCCCCCCCCCCCCCCC)OCCCCCCCCCCCCCCCC)O[C@H]1n1cnc2c(N(C)C)nc(C)nc21. The number of halogens is 1. The maximum absolute atomic E-state index is 16.4. The molecule has 0 aromatic carbocycles. The van der Waals surface area contributed by atoms with E-state index in [2.05, 4.69) is 28.8 Å². The summed E-state index contributed by atoms with van der Waals surface area (Å²) >= 11 is 0. The van der Waals surface area contributed by atoms with E-state index in [4.69, 9.17) is 29.7 Å². The summed E-state index contributed by atoms with van der Waals surface area (Å²) in [7, 11) is -1.13. The molecule has 2 aromatic rings. The number of hydrogen-bond donors (Lipinski definition) is 2. The lowest BCUT2D eigenvalue weighted by Crippen LogP contribution is -2.42. The van der Waals surface area contributed by atoms with Gasteiger partial charge in [0.1, 0.15) is 24.1 Å². The normalized spacial score (nSPS) is 20.1. The van der Waals surface area contributed by atoms with Gasteiger partial charge < -0.3 is 29.1 Å². The van der Waals surface area contributed by atoms with Crippen molar-refractivity contribution in [2.45, 2.75) is 231 Å². The number of terminal acetylenes is 1. The first-order valence-corrected chi connectivity index (χ1v) is 27.2. The number of fused-ring (bicyclic) bond motifs is 1. The molecule has 13 nitrogen and oxygen atoms in total. The highest BCUT2D eigenvalue weighted by atomic mass is 31.2. The van der Waals surface area contributed by atoms with Gasteiger partial charge in [0.25, 0.3) is 0 Å². The summed E-state index contributed by atoms with van der Waals surface area (Å²) in [6, 6.07) is 0. The Hall–Kier alpha value is -2.21. The molecule has 6 atom stereocenters. The average molecular weight is 938 g/mol. The average Bonchev–Trinajstić information content (AvgIpc) is 3.81. The van der Waals surface area contributed by atoms with Crippen LogP contribution in [0.3, 0.4) is 0 Å². The highest BCUT2D eigenvalue weighted by Gasteiger charge is 2.58. The van der Waals surface area contributed by atoms with Gasteiger partial charge in [-0.2, -0.15) is 0 Å². The van der Waals surface area contributed by atoms with Crippen LogP contribution in [-0.2, 0) is 27.8 Å². The van der Waals surface area contributed by atoms with Gasteiger partial charge in [-0.05, 0) is 19.8 Å². The van der Waals surface area contributed by atoms with Gasteiger partial charge in [0.05, 0.1) is 26.1 Å². The molecule has 1 saturated heterocycles. The van der Waals surface area contributed by atoms with Crippen molar-refractivity contribution in [2.75, 3.05) is 52.0 Å². The Morgan fingerprint density at radius 2 is 1.26 bits per heavy atom.